The van der Waals surface area contributed by atoms with E-state index in [2.05, 4.69) is 9.80 Å². The van der Waals surface area contributed by atoms with Crippen LogP contribution in [0.25, 0.3) is 0 Å². The van der Waals surface area contributed by atoms with Crippen molar-refractivity contribution in [2.45, 2.75) is 118 Å². The number of hydrogen-bond donors (Lipinski definition) is 0. The number of likely N-dealkylation sites (N-methyl/N-ethyl adjacent to an activating group) is 2. The van der Waals surface area contributed by atoms with Crippen LogP contribution in [0.3, 0.4) is 0 Å². The summed E-state index contributed by atoms with van der Waals surface area (Å²) in [5.74, 6) is 2.23. The van der Waals surface area contributed by atoms with Crippen molar-refractivity contribution in [2.75, 3.05) is 54.6 Å². The molecule has 4 bridgehead atoms. The summed E-state index contributed by atoms with van der Waals surface area (Å²) in [7, 11) is 7.24. The summed E-state index contributed by atoms with van der Waals surface area (Å²) in [5.41, 5.74) is -0.705. The molecule has 0 N–H and O–H groups in total. The number of benzene rings is 2. The molecule has 8 aliphatic rings. The average molecular weight is 801 g/mol. The predicted molar refractivity (Wildman–Crippen MR) is 205 cm³/mol. The van der Waals surface area contributed by atoms with Crippen molar-refractivity contribution in [3.63, 3.8) is 0 Å². The quantitative estimate of drug-likeness (QED) is 0.318. The number of hydrogen-bond acceptors (Lipinski definition) is 14. The molecule has 4 aliphatic heterocycles. The Kier molecular flexibility index (Phi) is 8.27. The van der Waals surface area contributed by atoms with Crippen molar-refractivity contribution >= 4 is 23.9 Å². The Balaban J connectivity index is 0.876. The summed E-state index contributed by atoms with van der Waals surface area (Å²) < 4.78 is 49.4. The molecule has 14 heteroatoms. The van der Waals surface area contributed by atoms with Gasteiger partial charge in [-0.3, -0.25) is 19.4 Å². The van der Waals surface area contributed by atoms with Crippen molar-refractivity contribution in [3.05, 3.63) is 46.5 Å². The van der Waals surface area contributed by atoms with Gasteiger partial charge in [-0.2, -0.15) is 0 Å². The average Bonchev–Trinajstić information content (AvgIpc) is 3.77. The minimum absolute atomic E-state index is 0.00703. The van der Waals surface area contributed by atoms with Gasteiger partial charge in [-0.1, -0.05) is 26.0 Å². The fourth-order valence-corrected chi connectivity index (χ4v) is 12.8. The van der Waals surface area contributed by atoms with Crippen LogP contribution in [0, 0.1) is 5.41 Å². The molecule has 8 atom stereocenters. The standard InChI is InChI=1S/C44H52N2O12/c1-7-40(2,22-53-38(49)57-43-14-12-26(47)36-41(43)16-18-45(3)30(43)20-24-8-10-28(51-5)34(55-36)32(24)41)23-54-39(50)58-44-15-13-27(48)37-42(44)17-19-46(4)31(44)21-25-9-11-29(52-6)35(56-37)33(25)42/h8-11,30-31,36-37H,7,12-23H2,1-6H3/t30-,31-,36+,37+,41+,42+,43-,44-/m1/s1. The van der Waals surface area contributed by atoms with E-state index in [0.717, 1.165) is 22.3 Å². The highest BCUT2D eigenvalue weighted by Crippen LogP contribution is 2.67. The van der Waals surface area contributed by atoms with E-state index in [0.29, 0.717) is 81.0 Å². The molecule has 0 radical (unpaired) electrons. The van der Waals surface area contributed by atoms with E-state index in [9.17, 15) is 19.2 Å². The Labute approximate surface area is 337 Å². The largest absolute Gasteiger partial charge is 0.508 e. The third-order valence-electron chi connectivity index (χ3n) is 15.8. The lowest BCUT2D eigenvalue weighted by atomic mass is 9.49. The van der Waals surface area contributed by atoms with Crippen molar-refractivity contribution < 1.29 is 57.1 Å². The van der Waals surface area contributed by atoms with Gasteiger partial charge in [0.05, 0.1) is 37.1 Å². The van der Waals surface area contributed by atoms with Crippen LogP contribution in [-0.4, -0.2) is 124 Å². The first-order chi connectivity index (χ1) is 27.8. The fraction of sp³-hybridized carbons (Fsp3) is 0.636. The molecule has 4 aliphatic carbocycles. The van der Waals surface area contributed by atoms with Crippen molar-refractivity contribution in [1.82, 2.24) is 9.80 Å². The molecule has 0 aromatic heterocycles. The predicted octanol–water partition coefficient (Wildman–Crippen LogP) is 4.85. The first-order valence-corrected chi connectivity index (χ1v) is 20.7. The lowest BCUT2D eigenvalue weighted by molar-refractivity contribution is -0.197. The molecule has 2 saturated carbocycles. The van der Waals surface area contributed by atoms with E-state index in [-0.39, 0.29) is 49.7 Å². The lowest BCUT2D eigenvalue weighted by Gasteiger charge is -2.62. The minimum Gasteiger partial charge on any atom is -0.493 e. The van der Waals surface area contributed by atoms with Gasteiger partial charge in [0, 0.05) is 29.4 Å². The second-order valence-corrected chi connectivity index (χ2v) is 18.3. The van der Waals surface area contributed by atoms with Crippen LogP contribution in [0.1, 0.15) is 81.0 Å². The Morgan fingerprint density at radius 1 is 0.724 bits per heavy atom. The van der Waals surface area contributed by atoms with Crippen molar-refractivity contribution in [1.29, 1.82) is 0 Å². The zero-order chi connectivity index (χ0) is 40.6. The molecule has 4 fully saturated rings. The number of ketones is 2. The van der Waals surface area contributed by atoms with Crippen LogP contribution in [0.15, 0.2) is 24.3 Å². The number of likely N-dealkylation sites (tertiary alicyclic amines) is 2. The first kappa shape index (κ1) is 37.7. The summed E-state index contributed by atoms with van der Waals surface area (Å²) in [6.45, 7) is 5.07. The van der Waals surface area contributed by atoms with E-state index >= 15 is 0 Å². The van der Waals surface area contributed by atoms with Crippen molar-refractivity contribution in [2.24, 2.45) is 5.41 Å². The fourth-order valence-electron chi connectivity index (χ4n) is 12.8. The number of rotatable bonds is 9. The monoisotopic (exact) mass is 800 g/mol. The normalized spacial score (nSPS) is 34.9. The zero-order valence-corrected chi connectivity index (χ0v) is 34.1. The second kappa shape index (κ2) is 12.7. The smallest absolute Gasteiger partial charge is 0.493 e. The van der Waals surface area contributed by atoms with Gasteiger partial charge < -0.3 is 37.9 Å². The summed E-state index contributed by atoms with van der Waals surface area (Å²) >= 11 is 0. The Morgan fingerprint density at radius 2 is 1.16 bits per heavy atom. The number of ether oxygens (including phenoxy) is 8. The van der Waals surface area contributed by atoms with Crippen LogP contribution in [0.4, 0.5) is 9.59 Å². The highest BCUT2D eigenvalue weighted by Gasteiger charge is 2.77. The molecule has 2 spiro atoms. The van der Waals surface area contributed by atoms with Gasteiger partial charge in [-0.15, -0.1) is 0 Å². The third-order valence-corrected chi connectivity index (χ3v) is 15.8. The molecule has 2 aromatic rings. The summed E-state index contributed by atoms with van der Waals surface area (Å²) in [6, 6.07) is 7.45. The van der Waals surface area contributed by atoms with Crippen LogP contribution in [-0.2, 0) is 52.2 Å². The van der Waals surface area contributed by atoms with Crippen LogP contribution in [0.2, 0.25) is 0 Å². The zero-order valence-electron chi connectivity index (χ0n) is 34.1. The van der Waals surface area contributed by atoms with Gasteiger partial charge in [0.15, 0.2) is 46.8 Å². The molecule has 10 rings (SSSR count). The Morgan fingerprint density at radius 3 is 1.55 bits per heavy atom. The summed E-state index contributed by atoms with van der Waals surface area (Å²) in [5, 5.41) is 0. The van der Waals surface area contributed by atoms with E-state index < -0.39 is 52.0 Å². The molecule has 14 nitrogen and oxygen atoms in total. The molecule has 2 saturated heterocycles. The number of methoxy groups -OCH3 is 2. The van der Waals surface area contributed by atoms with E-state index in [4.69, 9.17) is 37.9 Å². The van der Waals surface area contributed by atoms with Crippen LogP contribution in [0.5, 0.6) is 23.0 Å². The van der Waals surface area contributed by atoms with Crippen LogP contribution >= 0.6 is 0 Å². The lowest BCUT2D eigenvalue weighted by Crippen LogP contribution is -2.77. The first-order valence-electron chi connectivity index (χ1n) is 20.7. The molecule has 0 amide bonds. The van der Waals surface area contributed by atoms with Gasteiger partial charge in [0.25, 0.3) is 0 Å². The number of Topliss-reactive ketones (excluding diaryl/α,β-unsaturated/α-hetero) is 2. The molecule has 2 aromatic carbocycles. The maximum absolute atomic E-state index is 14.0. The van der Waals surface area contributed by atoms with E-state index in [1.807, 2.05) is 52.2 Å². The Hall–Kier alpha value is -4.56. The molecular formula is C44H52N2O12. The molecular weight excluding hydrogens is 748 g/mol. The van der Waals surface area contributed by atoms with Crippen molar-refractivity contribution in [3.8, 4) is 23.0 Å². The summed E-state index contributed by atoms with van der Waals surface area (Å²) in [4.78, 5) is 59.7. The maximum atomic E-state index is 14.0. The topological polar surface area (TPSA) is 149 Å². The maximum Gasteiger partial charge on any atom is 0.508 e. The molecule has 0 unspecified atom stereocenters. The third kappa shape index (κ3) is 4.61. The van der Waals surface area contributed by atoms with Gasteiger partial charge >= 0.3 is 12.3 Å². The van der Waals surface area contributed by atoms with Gasteiger partial charge in [-0.25, -0.2) is 9.59 Å². The highest BCUT2D eigenvalue weighted by atomic mass is 16.7. The van der Waals surface area contributed by atoms with Gasteiger partial charge in [0.2, 0.25) is 0 Å². The van der Waals surface area contributed by atoms with Gasteiger partial charge in [0.1, 0.15) is 24.4 Å². The second-order valence-electron chi connectivity index (χ2n) is 18.3. The number of carbonyl (C=O) groups is 4. The molecule has 4 heterocycles. The molecule has 58 heavy (non-hydrogen) atoms. The van der Waals surface area contributed by atoms with E-state index in [1.165, 1.54) is 0 Å². The number of carbonyl (C=O) groups excluding carboxylic acids is 4. The highest BCUT2D eigenvalue weighted by molar-refractivity contribution is 5.91. The SMILES string of the molecule is CCC(C)(COC(=O)O[C@@]12CCC(=O)[C@@H]3Oc4c(OC)ccc5c4[C@@]31CCN(C)[C@@H]2C5)COC(=O)O[C@@]12CCC(=O)[C@@H]3Oc4c(OC)ccc5c4[C@@]31CCN(C)[C@@H]2C5. The van der Waals surface area contributed by atoms with Gasteiger partial charge in [-0.05, 0) is 95.4 Å². The minimum atomic E-state index is -1.07. The number of nitrogens with zero attached hydrogens (tertiary/aromatic N) is 2. The van der Waals surface area contributed by atoms with Crippen LogP contribution < -0.4 is 18.9 Å². The van der Waals surface area contributed by atoms with E-state index in [1.54, 1.807) is 14.2 Å². The number of piperidine rings is 2. The summed E-state index contributed by atoms with van der Waals surface area (Å²) in [6.07, 6.45) is 0.725. The Bertz CT molecular complexity index is 2000. The molecule has 310 valence electrons.